The van der Waals surface area contributed by atoms with E-state index in [-0.39, 0.29) is 6.42 Å². The number of amides is 1. The van der Waals surface area contributed by atoms with Crippen LogP contribution < -0.4 is 5.32 Å². The second-order valence-corrected chi connectivity index (χ2v) is 5.86. The van der Waals surface area contributed by atoms with Gasteiger partial charge in [-0.2, -0.15) is 0 Å². The van der Waals surface area contributed by atoms with Crippen molar-refractivity contribution in [3.8, 4) is 11.5 Å². The fraction of sp³-hybridized carbons (Fsp3) is 0.353. The molecule has 2 rings (SSSR count). The van der Waals surface area contributed by atoms with Gasteiger partial charge in [0.1, 0.15) is 12.3 Å². The van der Waals surface area contributed by atoms with E-state index in [4.69, 9.17) is 21.1 Å². The zero-order valence-corrected chi connectivity index (χ0v) is 14.0. The predicted octanol–water partition coefficient (Wildman–Crippen LogP) is 3.30. The van der Waals surface area contributed by atoms with E-state index < -0.39 is 17.9 Å². The molecule has 0 saturated heterocycles. The molecule has 128 valence electrons. The number of hydrogen-bond donors (Lipinski definition) is 2. The summed E-state index contributed by atoms with van der Waals surface area (Å²) in [6, 6.07) is 6.10. The first-order chi connectivity index (χ1) is 11.5. The lowest BCUT2D eigenvalue weighted by atomic mass is 10.1. The summed E-state index contributed by atoms with van der Waals surface area (Å²) < 4.78 is 5.36. The minimum Gasteiger partial charge on any atom is -0.480 e. The van der Waals surface area contributed by atoms with E-state index in [1.165, 1.54) is 6.26 Å². The number of benzene rings is 1. The summed E-state index contributed by atoms with van der Waals surface area (Å²) in [4.78, 5) is 27.4. The molecule has 2 N–H and O–H groups in total. The highest BCUT2D eigenvalue weighted by Gasteiger charge is 2.20. The van der Waals surface area contributed by atoms with Gasteiger partial charge in [-0.15, -0.1) is 0 Å². The van der Waals surface area contributed by atoms with Crippen LogP contribution in [-0.4, -0.2) is 28.0 Å². The lowest BCUT2D eigenvalue weighted by Gasteiger charge is -2.13. The van der Waals surface area contributed by atoms with Gasteiger partial charge >= 0.3 is 5.97 Å². The van der Waals surface area contributed by atoms with Crippen LogP contribution in [0.4, 0.5) is 0 Å². The molecule has 6 nitrogen and oxygen atoms in total. The van der Waals surface area contributed by atoms with E-state index in [0.717, 1.165) is 18.4 Å². The molecule has 0 aliphatic heterocycles. The van der Waals surface area contributed by atoms with Crippen molar-refractivity contribution in [1.82, 2.24) is 10.3 Å². The molecule has 0 unspecified atom stereocenters. The molecule has 24 heavy (non-hydrogen) atoms. The number of carbonyl (C=O) groups excluding carboxylic acids is 1. The molecule has 0 aliphatic rings. The quantitative estimate of drug-likeness (QED) is 0.762. The third-order valence-corrected chi connectivity index (χ3v) is 3.72. The topological polar surface area (TPSA) is 92.4 Å². The van der Waals surface area contributed by atoms with E-state index in [2.05, 4.69) is 10.3 Å². The van der Waals surface area contributed by atoms with Gasteiger partial charge in [-0.3, -0.25) is 4.79 Å². The van der Waals surface area contributed by atoms with Crippen molar-refractivity contribution in [3.63, 3.8) is 0 Å². The number of nitrogens with zero attached hydrogens (tertiary/aromatic N) is 1. The number of carbonyl (C=O) groups is 2. The van der Waals surface area contributed by atoms with Gasteiger partial charge < -0.3 is 14.8 Å². The van der Waals surface area contributed by atoms with Crippen molar-refractivity contribution in [2.75, 3.05) is 0 Å². The highest BCUT2D eigenvalue weighted by Crippen LogP contribution is 2.21. The molecule has 1 aromatic heterocycles. The largest absolute Gasteiger partial charge is 0.480 e. The van der Waals surface area contributed by atoms with Gasteiger partial charge in [0.15, 0.2) is 0 Å². The molecule has 0 fully saturated rings. The standard InChI is InChI=1S/C17H19ClN2O4/c1-2-3-4-14(17(22)23)20-15(21)9-13-10-24-16(19-13)11-5-7-12(18)8-6-11/h5-8,10,14H,2-4,9H2,1H3,(H,20,21)(H,22,23)/t14-/m0/s1. The van der Waals surface area contributed by atoms with E-state index in [1.54, 1.807) is 24.3 Å². The van der Waals surface area contributed by atoms with Gasteiger partial charge in [0, 0.05) is 10.6 Å². The molecule has 0 radical (unpaired) electrons. The molecule has 0 aliphatic carbocycles. The Kier molecular flexibility index (Phi) is 6.37. The van der Waals surface area contributed by atoms with Crippen LogP contribution in [0.15, 0.2) is 34.9 Å². The lowest BCUT2D eigenvalue weighted by Crippen LogP contribution is -2.41. The second kappa shape index (κ2) is 8.49. The number of rotatable bonds is 8. The molecule has 0 spiro atoms. The molecule has 0 bridgehead atoms. The summed E-state index contributed by atoms with van der Waals surface area (Å²) >= 11 is 5.83. The van der Waals surface area contributed by atoms with E-state index in [0.29, 0.717) is 23.0 Å². The van der Waals surface area contributed by atoms with Gasteiger partial charge in [-0.1, -0.05) is 31.4 Å². The molecule has 1 amide bonds. The average molecular weight is 351 g/mol. The Bertz CT molecular complexity index is 697. The van der Waals surface area contributed by atoms with E-state index >= 15 is 0 Å². The molecular weight excluding hydrogens is 332 g/mol. The molecule has 0 saturated carbocycles. The van der Waals surface area contributed by atoms with Gasteiger partial charge in [-0.05, 0) is 30.7 Å². The van der Waals surface area contributed by atoms with Gasteiger partial charge in [0.25, 0.3) is 0 Å². The minimum atomic E-state index is -1.03. The Labute approximate surface area is 144 Å². The van der Waals surface area contributed by atoms with Crippen LogP contribution in [0.3, 0.4) is 0 Å². The zero-order chi connectivity index (χ0) is 17.5. The summed E-state index contributed by atoms with van der Waals surface area (Å²) in [5, 5.41) is 12.3. The summed E-state index contributed by atoms with van der Waals surface area (Å²) in [5.41, 5.74) is 1.19. The molecular formula is C17H19ClN2O4. The summed E-state index contributed by atoms with van der Waals surface area (Å²) in [7, 11) is 0. The van der Waals surface area contributed by atoms with Gasteiger partial charge in [-0.25, -0.2) is 9.78 Å². The number of carboxylic acid groups (broad SMARTS) is 1. The number of halogens is 1. The van der Waals surface area contributed by atoms with Gasteiger partial charge in [0.2, 0.25) is 11.8 Å². The van der Waals surface area contributed by atoms with Crippen molar-refractivity contribution < 1.29 is 19.1 Å². The fourth-order valence-corrected chi connectivity index (χ4v) is 2.31. The van der Waals surface area contributed by atoms with Crippen LogP contribution in [0.1, 0.15) is 31.9 Å². The number of hydrogen-bond acceptors (Lipinski definition) is 4. The van der Waals surface area contributed by atoms with Crippen LogP contribution in [-0.2, 0) is 16.0 Å². The van der Waals surface area contributed by atoms with Crippen molar-refractivity contribution in [3.05, 3.63) is 41.2 Å². The summed E-state index contributed by atoms with van der Waals surface area (Å²) in [5.74, 6) is -1.04. The van der Waals surface area contributed by atoms with E-state index in [1.807, 2.05) is 6.92 Å². The van der Waals surface area contributed by atoms with Crippen molar-refractivity contribution in [1.29, 1.82) is 0 Å². The molecule has 1 aromatic carbocycles. The number of aromatic nitrogens is 1. The lowest BCUT2D eigenvalue weighted by molar-refractivity contribution is -0.142. The van der Waals surface area contributed by atoms with Crippen LogP contribution in [0.2, 0.25) is 5.02 Å². The predicted molar refractivity (Wildman–Crippen MR) is 89.7 cm³/mol. The second-order valence-electron chi connectivity index (χ2n) is 5.43. The summed E-state index contributed by atoms with van der Waals surface area (Å²) in [6.45, 7) is 1.97. The first-order valence-corrected chi connectivity index (χ1v) is 8.10. The third-order valence-electron chi connectivity index (χ3n) is 3.46. The van der Waals surface area contributed by atoms with Gasteiger partial charge in [0.05, 0.1) is 12.1 Å². The molecule has 1 heterocycles. The minimum absolute atomic E-state index is 0.0347. The van der Waals surface area contributed by atoms with E-state index in [9.17, 15) is 9.59 Å². The SMILES string of the molecule is CCCC[C@H](NC(=O)Cc1coc(-c2ccc(Cl)cc2)n1)C(=O)O. The number of oxazole rings is 1. The molecule has 2 aromatic rings. The van der Waals surface area contributed by atoms with Crippen LogP contribution in [0, 0.1) is 0 Å². The Morgan fingerprint density at radius 2 is 2.04 bits per heavy atom. The Morgan fingerprint density at radius 3 is 2.67 bits per heavy atom. The first kappa shape index (κ1) is 18.0. The zero-order valence-electron chi connectivity index (χ0n) is 13.3. The van der Waals surface area contributed by atoms with Crippen molar-refractivity contribution >= 4 is 23.5 Å². The Hall–Kier alpha value is -2.34. The first-order valence-electron chi connectivity index (χ1n) is 7.72. The van der Waals surface area contributed by atoms with Crippen molar-refractivity contribution in [2.45, 2.75) is 38.6 Å². The normalized spacial score (nSPS) is 11.9. The summed E-state index contributed by atoms with van der Waals surface area (Å²) in [6.07, 6.45) is 3.38. The fourth-order valence-electron chi connectivity index (χ4n) is 2.19. The number of nitrogens with one attached hydrogen (secondary N) is 1. The highest BCUT2D eigenvalue weighted by molar-refractivity contribution is 6.30. The monoisotopic (exact) mass is 350 g/mol. The number of carboxylic acids is 1. The third kappa shape index (κ3) is 5.09. The average Bonchev–Trinajstić information content (AvgIpc) is 3.00. The Morgan fingerprint density at radius 1 is 1.33 bits per heavy atom. The number of aliphatic carboxylic acids is 1. The molecule has 7 heteroatoms. The van der Waals surface area contributed by atoms with Crippen LogP contribution in [0.25, 0.3) is 11.5 Å². The maximum Gasteiger partial charge on any atom is 0.326 e. The maximum absolute atomic E-state index is 12.0. The molecule has 1 atom stereocenters. The van der Waals surface area contributed by atoms with Crippen LogP contribution in [0.5, 0.6) is 0 Å². The Balaban J connectivity index is 1.97. The van der Waals surface area contributed by atoms with Crippen LogP contribution >= 0.6 is 11.6 Å². The number of unbranched alkanes of at least 4 members (excludes halogenated alkanes) is 1. The maximum atomic E-state index is 12.0. The van der Waals surface area contributed by atoms with Crippen molar-refractivity contribution in [2.24, 2.45) is 0 Å². The smallest absolute Gasteiger partial charge is 0.326 e. The highest BCUT2D eigenvalue weighted by atomic mass is 35.5.